The molecule has 0 aliphatic heterocycles. The van der Waals surface area contributed by atoms with Crippen molar-refractivity contribution in [1.29, 1.82) is 0 Å². The number of hydrogen-bond donors (Lipinski definition) is 1. The van der Waals surface area contributed by atoms with Crippen LogP contribution in [-0.2, 0) is 0 Å². The molecule has 0 unspecified atom stereocenters. The molecule has 0 fully saturated rings. The van der Waals surface area contributed by atoms with Gasteiger partial charge in [0.15, 0.2) is 0 Å². The van der Waals surface area contributed by atoms with Gasteiger partial charge in [-0.05, 0) is 36.4 Å². The highest BCUT2D eigenvalue weighted by Crippen LogP contribution is 2.20. The summed E-state index contributed by atoms with van der Waals surface area (Å²) in [6, 6.07) is 16.5. The van der Waals surface area contributed by atoms with Gasteiger partial charge in [0, 0.05) is 19.8 Å². The molecule has 0 heterocycles. The molecule has 20 heavy (non-hydrogen) atoms. The molecule has 2 aromatic carbocycles. The third kappa shape index (κ3) is 3.91. The number of nitrogens with one attached hydrogen (secondary N) is 1. The first-order chi connectivity index (χ1) is 9.65. The topological polar surface area (TPSA) is 57.1 Å². The van der Waals surface area contributed by atoms with Crippen molar-refractivity contribution in [2.24, 2.45) is 10.2 Å². The number of anilines is 1. The summed E-state index contributed by atoms with van der Waals surface area (Å²) in [5.41, 5.74) is 2.26. The molecule has 102 valence electrons. The lowest BCUT2D eigenvalue weighted by molar-refractivity contribution is 0.230. The third-order valence-electron chi connectivity index (χ3n) is 2.56. The van der Waals surface area contributed by atoms with Crippen LogP contribution in [0, 0.1) is 0 Å². The molecular formula is C15H16N4O. The fourth-order valence-corrected chi connectivity index (χ4v) is 1.46. The van der Waals surface area contributed by atoms with Gasteiger partial charge < -0.3 is 10.2 Å². The minimum atomic E-state index is -0.163. The van der Waals surface area contributed by atoms with E-state index in [-0.39, 0.29) is 6.03 Å². The molecule has 0 aromatic heterocycles. The van der Waals surface area contributed by atoms with Crippen molar-refractivity contribution in [2.45, 2.75) is 0 Å². The van der Waals surface area contributed by atoms with Crippen molar-refractivity contribution in [3.8, 4) is 0 Å². The Kier molecular flexibility index (Phi) is 4.44. The molecule has 0 atom stereocenters. The minimum Gasteiger partial charge on any atom is -0.331 e. The largest absolute Gasteiger partial charge is 0.331 e. The Morgan fingerprint density at radius 1 is 0.900 bits per heavy atom. The molecular weight excluding hydrogens is 252 g/mol. The lowest BCUT2D eigenvalue weighted by atomic mass is 10.3. The molecule has 0 aliphatic rings. The summed E-state index contributed by atoms with van der Waals surface area (Å²) in [6.07, 6.45) is 0. The first-order valence-corrected chi connectivity index (χ1v) is 6.20. The summed E-state index contributed by atoms with van der Waals surface area (Å²) in [5, 5.41) is 11.0. The highest BCUT2D eigenvalue weighted by Gasteiger charge is 2.03. The molecule has 2 amide bonds. The van der Waals surface area contributed by atoms with Gasteiger partial charge in [0.2, 0.25) is 0 Å². The summed E-state index contributed by atoms with van der Waals surface area (Å²) in [5.74, 6) is 0. The Labute approximate surface area is 118 Å². The molecule has 0 bridgehead atoms. The van der Waals surface area contributed by atoms with Crippen LogP contribution < -0.4 is 5.32 Å². The molecule has 0 saturated heterocycles. The number of carbonyl (C=O) groups is 1. The Morgan fingerprint density at radius 3 is 2.00 bits per heavy atom. The Balaban J connectivity index is 2.02. The maximum atomic E-state index is 11.5. The predicted molar refractivity (Wildman–Crippen MR) is 79.8 cm³/mol. The molecule has 0 saturated carbocycles. The normalized spacial score (nSPS) is 10.5. The van der Waals surface area contributed by atoms with Crippen molar-refractivity contribution in [3.05, 3.63) is 54.6 Å². The Hall–Kier alpha value is -2.69. The van der Waals surface area contributed by atoms with Gasteiger partial charge >= 0.3 is 6.03 Å². The van der Waals surface area contributed by atoms with Crippen molar-refractivity contribution in [1.82, 2.24) is 4.90 Å². The second-order valence-corrected chi connectivity index (χ2v) is 4.41. The van der Waals surface area contributed by atoms with Gasteiger partial charge in [-0.15, -0.1) is 0 Å². The number of benzene rings is 2. The zero-order valence-corrected chi connectivity index (χ0v) is 11.4. The van der Waals surface area contributed by atoms with Crippen LogP contribution in [0.25, 0.3) is 0 Å². The van der Waals surface area contributed by atoms with Crippen molar-refractivity contribution in [3.63, 3.8) is 0 Å². The lowest BCUT2D eigenvalue weighted by Gasteiger charge is -2.11. The quantitative estimate of drug-likeness (QED) is 0.833. The fraction of sp³-hybridized carbons (Fsp3) is 0.133. The number of rotatable bonds is 3. The number of amides is 2. The van der Waals surface area contributed by atoms with Crippen molar-refractivity contribution in [2.75, 3.05) is 19.4 Å². The molecule has 0 spiro atoms. The maximum absolute atomic E-state index is 11.5. The van der Waals surface area contributed by atoms with E-state index in [4.69, 9.17) is 0 Å². The van der Waals surface area contributed by atoms with Crippen LogP contribution in [-0.4, -0.2) is 25.0 Å². The van der Waals surface area contributed by atoms with Gasteiger partial charge in [-0.2, -0.15) is 10.2 Å². The maximum Gasteiger partial charge on any atom is 0.321 e. The second-order valence-electron chi connectivity index (χ2n) is 4.41. The van der Waals surface area contributed by atoms with Crippen LogP contribution in [0.4, 0.5) is 21.9 Å². The Bertz CT molecular complexity index is 591. The number of nitrogens with zero attached hydrogens (tertiary/aromatic N) is 3. The zero-order valence-electron chi connectivity index (χ0n) is 11.4. The number of urea groups is 1. The van der Waals surface area contributed by atoms with E-state index in [1.807, 2.05) is 30.3 Å². The van der Waals surface area contributed by atoms with Gasteiger partial charge in [0.1, 0.15) is 0 Å². The summed E-state index contributed by atoms with van der Waals surface area (Å²) in [7, 11) is 3.38. The monoisotopic (exact) mass is 268 g/mol. The second kappa shape index (κ2) is 6.47. The number of hydrogen-bond acceptors (Lipinski definition) is 3. The van der Waals surface area contributed by atoms with Gasteiger partial charge in [0.05, 0.1) is 11.4 Å². The molecule has 0 aliphatic carbocycles. The van der Waals surface area contributed by atoms with E-state index in [1.54, 1.807) is 38.4 Å². The highest BCUT2D eigenvalue weighted by atomic mass is 16.2. The van der Waals surface area contributed by atoms with Crippen molar-refractivity contribution >= 4 is 23.1 Å². The average Bonchev–Trinajstić information content (AvgIpc) is 2.47. The summed E-state index contributed by atoms with van der Waals surface area (Å²) >= 11 is 0. The molecule has 0 radical (unpaired) electrons. The third-order valence-corrected chi connectivity index (χ3v) is 2.56. The first-order valence-electron chi connectivity index (χ1n) is 6.20. The van der Waals surface area contributed by atoms with Crippen LogP contribution in [0.1, 0.15) is 0 Å². The first kappa shape index (κ1) is 13.7. The fourth-order valence-electron chi connectivity index (χ4n) is 1.46. The van der Waals surface area contributed by atoms with Crippen molar-refractivity contribution < 1.29 is 4.79 Å². The summed E-state index contributed by atoms with van der Waals surface area (Å²) < 4.78 is 0. The molecule has 5 nitrogen and oxygen atoms in total. The standard InChI is InChI=1S/C15H16N4O/c1-19(2)15(20)16-12-8-10-14(11-9-12)18-17-13-6-4-3-5-7-13/h3-11H,1-2H3,(H,16,20). The van der Waals surface area contributed by atoms with Gasteiger partial charge in [0.25, 0.3) is 0 Å². The van der Waals surface area contributed by atoms with E-state index >= 15 is 0 Å². The van der Waals surface area contributed by atoms with Gasteiger partial charge in [-0.25, -0.2) is 4.79 Å². The van der Waals surface area contributed by atoms with E-state index in [1.165, 1.54) is 4.90 Å². The van der Waals surface area contributed by atoms with Crippen LogP contribution in [0.5, 0.6) is 0 Å². The highest BCUT2D eigenvalue weighted by molar-refractivity contribution is 5.89. The van der Waals surface area contributed by atoms with E-state index < -0.39 is 0 Å². The smallest absolute Gasteiger partial charge is 0.321 e. The van der Waals surface area contributed by atoms with E-state index in [2.05, 4.69) is 15.5 Å². The van der Waals surface area contributed by atoms with Gasteiger partial charge in [-0.3, -0.25) is 0 Å². The predicted octanol–water partition coefficient (Wildman–Crippen LogP) is 4.20. The molecule has 2 aromatic rings. The summed E-state index contributed by atoms with van der Waals surface area (Å²) in [6.45, 7) is 0. The minimum absolute atomic E-state index is 0.163. The average molecular weight is 268 g/mol. The van der Waals surface area contributed by atoms with Crippen LogP contribution in [0.2, 0.25) is 0 Å². The molecule has 2 rings (SSSR count). The molecule has 5 heteroatoms. The number of carbonyl (C=O) groups excluding carboxylic acids is 1. The van der Waals surface area contributed by atoms with E-state index in [0.717, 1.165) is 17.1 Å². The summed E-state index contributed by atoms with van der Waals surface area (Å²) in [4.78, 5) is 13.0. The number of azo groups is 1. The van der Waals surface area contributed by atoms with Crippen LogP contribution in [0.3, 0.4) is 0 Å². The van der Waals surface area contributed by atoms with Crippen LogP contribution in [0.15, 0.2) is 64.8 Å². The van der Waals surface area contributed by atoms with Gasteiger partial charge in [-0.1, -0.05) is 18.2 Å². The zero-order chi connectivity index (χ0) is 14.4. The SMILES string of the molecule is CN(C)C(=O)Nc1ccc(N=Nc2ccccc2)cc1. The lowest BCUT2D eigenvalue weighted by Crippen LogP contribution is -2.27. The van der Waals surface area contributed by atoms with E-state index in [0.29, 0.717) is 0 Å². The van der Waals surface area contributed by atoms with E-state index in [9.17, 15) is 4.79 Å². The van der Waals surface area contributed by atoms with Crippen LogP contribution >= 0.6 is 0 Å². The molecule has 1 N–H and O–H groups in total. The Morgan fingerprint density at radius 2 is 1.45 bits per heavy atom.